The van der Waals surface area contributed by atoms with Crippen LogP contribution >= 0.6 is 0 Å². The first-order valence-electron chi connectivity index (χ1n) is 3.93. The predicted octanol–water partition coefficient (Wildman–Crippen LogP) is -1.69. The van der Waals surface area contributed by atoms with Crippen LogP contribution in [0.1, 0.15) is 12.8 Å². The highest BCUT2D eigenvalue weighted by Crippen LogP contribution is 1.94. The lowest BCUT2D eigenvalue weighted by molar-refractivity contribution is 0.406. The molecule has 0 fully saturated rings. The molecule has 0 saturated heterocycles. The lowest BCUT2D eigenvalue weighted by Gasteiger charge is -1.90. The fourth-order valence-electron chi connectivity index (χ4n) is 1.34. The number of hydrogen-bond acceptors (Lipinski definition) is 3. The molecule has 0 saturated carbocycles. The maximum absolute atomic E-state index is 8.81. The van der Waals surface area contributed by atoms with Crippen molar-refractivity contribution >= 4 is 24.9 Å². The summed E-state index contributed by atoms with van der Waals surface area (Å²) in [5.74, 6) is 0. The van der Waals surface area contributed by atoms with Crippen LogP contribution in [-0.2, 0) is 0 Å². The molecular weight excluding hydrogens is 155 g/mol. The van der Waals surface area contributed by atoms with Crippen LogP contribution in [0.25, 0.3) is 12.2 Å². The maximum atomic E-state index is 8.81. The van der Waals surface area contributed by atoms with E-state index in [9.17, 15) is 0 Å². The molecule has 0 atom stereocenters. The van der Waals surface area contributed by atoms with Gasteiger partial charge in [0.1, 0.15) is 11.1 Å². The molecular formula is C8H9BO3. The summed E-state index contributed by atoms with van der Waals surface area (Å²) in [6.45, 7) is 0. The molecule has 62 valence electrons. The number of furan rings is 1. The van der Waals surface area contributed by atoms with E-state index in [-0.39, 0.29) is 5.66 Å². The van der Waals surface area contributed by atoms with E-state index in [0.717, 1.165) is 23.5 Å². The highest BCUT2D eigenvalue weighted by molar-refractivity contribution is 6.56. The maximum Gasteiger partial charge on any atom is 0.526 e. The molecule has 1 heterocycles. The van der Waals surface area contributed by atoms with Gasteiger partial charge in [0.15, 0.2) is 0 Å². The second-order valence-corrected chi connectivity index (χ2v) is 2.83. The Hall–Kier alpha value is -0.995. The van der Waals surface area contributed by atoms with Gasteiger partial charge in [-0.3, -0.25) is 0 Å². The Kier molecular flexibility index (Phi) is 1.79. The van der Waals surface area contributed by atoms with Gasteiger partial charge in [-0.05, 0) is 25.0 Å². The highest BCUT2D eigenvalue weighted by Gasteiger charge is 2.15. The van der Waals surface area contributed by atoms with Crippen LogP contribution in [0, 0.1) is 0 Å². The summed E-state index contributed by atoms with van der Waals surface area (Å²) in [6, 6.07) is 1.66. The molecule has 0 radical (unpaired) electrons. The van der Waals surface area contributed by atoms with Gasteiger partial charge in [0.25, 0.3) is 0 Å². The zero-order chi connectivity index (χ0) is 8.55. The van der Waals surface area contributed by atoms with Crippen molar-refractivity contribution in [2.24, 2.45) is 0 Å². The fourth-order valence-corrected chi connectivity index (χ4v) is 1.34. The molecule has 1 aliphatic carbocycles. The molecule has 1 aromatic rings. The fraction of sp³-hybridized carbons (Fsp3) is 0.250. The van der Waals surface area contributed by atoms with Gasteiger partial charge in [-0.25, -0.2) is 0 Å². The summed E-state index contributed by atoms with van der Waals surface area (Å²) in [7, 11) is -1.50. The van der Waals surface area contributed by atoms with Gasteiger partial charge in [0.2, 0.25) is 0 Å². The lowest BCUT2D eigenvalue weighted by atomic mass is 9.88. The summed E-state index contributed by atoms with van der Waals surface area (Å²) in [5, 5.41) is 18.6. The molecule has 0 spiro atoms. The minimum absolute atomic E-state index is 0.217. The average molecular weight is 164 g/mol. The second kappa shape index (κ2) is 2.81. The third-order valence-electron chi connectivity index (χ3n) is 1.93. The van der Waals surface area contributed by atoms with E-state index in [0.29, 0.717) is 0 Å². The molecule has 0 unspecified atom stereocenters. The SMILES string of the molecule is OB(O)c1cc2c(o1)=CCCC=2. The monoisotopic (exact) mass is 164 g/mol. The molecule has 4 heteroatoms. The standard InChI is InChI=1S/C8H9BO3/c10-9(11)8-5-6-3-1-2-4-7(6)12-8/h3-5,10-11H,1-2H2. The quantitative estimate of drug-likeness (QED) is 0.487. The third kappa shape index (κ3) is 1.19. The molecule has 2 N–H and O–H groups in total. The van der Waals surface area contributed by atoms with Crippen LogP contribution in [0.5, 0.6) is 0 Å². The molecule has 2 rings (SSSR count). The van der Waals surface area contributed by atoms with Crippen LogP contribution in [0.3, 0.4) is 0 Å². The first-order valence-corrected chi connectivity index (χ1v) is 3.93. The number of hydrogen-bond donors (Lipinski definition) is 2. The topological polar surface area (TPSA) is 53.6 Å². The number of fused-ring (bicyclic) bond motifs is 1. The normalized spacial score (nSPS) is 14.5. The summed E-state index contributed by atoms with van der Waals surface area (Å²) in [5.41, 5.74) is 0.971. The minimum atomic E-state index is -1.50. The molecule has 0 aliphatic heterocycles. The molecule has 0 aromatic carbocycles. The summed E-state index contributed by atoms with van der Waals surface area (Å²) < 4.78 is 5.18. The van der Waals surface area contributed by atoms with Crippen LogP contribution in [0.15, 0.2) is 10.5 Å². The lowest BCUT2D eigenvalue weighted by Crippen LogP contribution is -2.28. The second-order valence-electron chi connectivity index (χ2n) is 2.83. The van der Waals surface area contributed by atoms with Crippen molar-refractivity contribution in [2.75, 3.05) is 0 Å². The van der Waals surface area contributed by atoms with Crippen molar-refractivity contribution in [3.05, 3.63) is 16.7 Å². The van der Waals surface area contributed by atoms with Crippen LogP contribution in [0.4, 0.5) is 0 Å². The predicted molar refractivity (Wildman–Crippen MR) is 45.9 cm³/mol. The van der Waals surface area contributed by atoms with Crippen LogP contribution in [-0.4, -0.2) is 17.2 Å². The van der Waals surface area contributed by atoms with Gasteiger partial charge in [0, 0.05) is 5.22 Å². The zero-order valence-electron chi connectivity index (χ0n) is 6.53. The van der Waals surface area contributed by atoms with E-state index >= 15 is 0 Å². The van der Waals surface area contributed by atoms with E-state index < -0.39 is 7.12 Å². The van der Waals surface area contributed by atoms with E-state index in [1.807, 2.05) is 12.2 Å². The zero-order valence-corrected chi connectivity index (χ0v) is 6.53. The minimum Gasteiger partial charge on any atom is -0.465 e. The van der Waals surface area contributed by atoms with E-state index in [4.69, 9.17) is 14.5 Å². The van der Waals surface area contributed by atoms with Gasteiger partial charge in [0.05, 0.1) is 0 Å². The molecule has 0 amide bonds. The van der Waals surface area contributed by atoms with Gasteiger partial charge in [-0.15, -0.1) is 0 Å². The van der Waals surface area contributed by atoms with E-state index in [2.05, 4.69) is 0 Å². The van der Waals surface area contributed by atoms with Gasteiger partial charge in [-0.2, -0.15) is 0 Å². The van der Waals surface area contributed by atoms with Crippen molar-refractivity contribution in [1.82, 2.24) is 0 Å². The first-order chi connectivity index (χ1) is 5.77. The smallest absolute Gasteiger partial charge is 0.465 e. The molecule has 0 bridgehead atoms. The van der Waals surface area contributed by atoms with Crippen LogP contribution in [0.2, 0.25) is 0 Å². The van der Waals surface area contributed by atoms with Crippen molar-refractivity contribution in [3.63, 3.8) is 0 Å². The Labute approximate surface area is 69.8 Å². The van der Waals surface area contributed by atoms with Crippen LogP contribution < -0.4 is 16.3 Å². The molecule has 12 heavy (non-hydrogen) atoms. The third-order valence-corrected chi connectivity index (χ3v) is 1.93. The Bertz CT molecular complexity index is 357. The first kappa shape index (κ1) is 7.64. The molecule has 3 nitrogen and oxygen atoms in total. The van der Waals surface area contributed by atoms with Crippen molar-refractivity contribution in [1.29, 1.82) is 0 Å². The Balaban J connectivity index is 2.60. The Morgan fingerprint density at radius 2 is 2.00 bits per heavy atom. The molecule has 1 aromatic heterocycles. The summed E-state index contributed by atoms with van der Waals surface area (Å²) in [4.78, 5) is 0. The highest BCUT2D eigenvalue weighted by atomic mass is 16.4. The number of rotatable bonds is 1. The van der Waals surface area contributed by atoms with Crippen molar-refractivity contribution in [2.45, 2.75) is 12.8 Å². The molecule has 1 aliphatic rings. The average Bonchev–Trinajstić information content (AvgIpc) is 2.46. The summed E-state index contributed by atoms with van der Waals surface area (Å²) >= 11 is 0. The Morgan fingerprint density at radius 1 is 1.25 bits per heavy atom. The van der Waals surface area contributed by atoms with E-state index in [1.165, 1.54) is 0 Å². The van der Waals surface area contributed by atoms with Gasteiger partial charge < -0.3 is 14.5 Å². The Morgan fingerprint density at radius 3 is 2.67 bits per heavy atom. The van der Waals surface area contributed by atoms with Gasteiger partial charge in [-0.1, -0.05) is 6.08 Å². The van der Waals surface area contributed by atoms with E-state index in [1.54, 1.807) is 6.07 Å². The summed E-state index contributed by atoms with van der Waals surface area (Å²) in [6.07, 6.45) is 5.95. The van der Waals surface area contributed by atoms with Crippen molar-refractivity contribution in [3.8, 4) is 0 Å². The van der Waals surface area contributed by atoms with Gasteiger partial charge >= 0.3 is 7.12 Å². The largest absolute Gasteiger partial charge is 0.526 e. The van der Waals surface area contributed by atoms with Crippen molar-refractivity contribution < 1.29 is 14.5 Å².